The number of ether oxygens (including phenoxy) is 1. The van der Waals surface area contributed by atoms with Gasteiger partial charge in [-0.05, 0) is 30.3 Å². The number of anilines is 1. The first-order chi connectivity index (χ1) is 11.7. The van der Waals surface area contributed by atoms with Crippen molar-refractivity contribution in [1.82, 2.24) is 9.97 Å². The molecular weight excluding hydrogens is 326 g/mol. The highest BCUT2D eigenvalue weighted by molar-refractivity contribution is 6.30. The molecule has 120 valence electrons. The summed E-state index contributed by atoms with van der Waals surface area (Å²) in [4.78, 5) is 20.3. The van der Waals surface area contributed by atoms with Crippen LogP contribution in [0.1, 0.15) is 0 Å². The molecule has 1 amide bonds. The summed E-state index contributed by atoms with van der Waals surface area (Å²) in [6, 6.07) is 18.2. The topological polar surface area (TPSA) is 64.1 Å². The van der Waals surface area contributed by atoms with E-state index >= 15 is 0 Å². The van der Waals surface area contributed by atoms with Crippen LogP contribution in [-0.4, -0.2) is 22.5 Å². The molecule has 0 saturated carbocycles. The molecule has 0 saturated heterocycles. The van der Waals surface area contributed by atoms with Gasteiger partial charge in [0.15, 0.2) is 6.61 Å². The van der Waals surface area contributed by atoms with E-state index in [-0.39, 0.29) is 18.5 Å². The molecule has 0 aliphatic rings. The summed E-state index contributed by atoms with van der Waals surface area (Å²) in [5.41, 5.74) is 1.58. The Bertz CT molecular complexity index is 823. The SMILES string of the molecule is O=C(COc1ccccc1)Nc1nccc(-c2ccc(Cl)cc2)n1. The average molecular weight is 340 g/mol. The largest absolute Gasteiger partial charge is 0.484 e. The van der Waals surface area contributed by atoms with Crippen LogP contribution in [0, 0.1) is 0 Å². The van der Waals surface area contributed by atoms with Crippen LogP contribution < -0.4 is 10.1 Å². The van der Waals surface area contributed by atoms with Crippen molar-refractivity contribution >= 4 is 23.5 Å². The van der Waals surface area contributed by atoms with E-state index in [1.165, 1.54) is 0 Å². The van der Waals surface area contributed by atoms with E-state index in [1.807, 2.05) is 30.3 Å². The third-order valence-corrected chi connectivity index (χ3v) is 3.41. The minimum atomic E-state index is -0.327. The maximum atomic E-state index is 11.9. The van der Waals surface area contributed by atoms with Crippen molar-refractivity contribution < 1.29 is 9.53 Å². The van der Waals surface area contributed by atoms with Crippen molar-refractivity contribution in [3.63, 3.8) is 0 Å². The molecule has 0 radical (unpaired) electrons. The van der Waals surface area contributed by atoms with Crippen LogP contribution in [0.5, 0.6) is 5.75 Å². The summed E-state index contributed by atoms with van der Waals surface area (Å²) < 4.78 is 5.39. The van der Waals surface area contributed by atoms with Gasteiger partial charge in [-0.1, -0.05) is 41.9 Å². The van der Waals surface area contributed by atoms with Crippen LogP contribution in [0.4, 0.5) is 5.95 Å². The van der Waals surface area contributed by atoms with Gasteiger partial charge in [-0.2, -0.15) is 0 Å². The van der Waals surface area contributed by atoms with Crippen LogP contribution in [-0.2, 0) is 4.79 Å². The second-order valence-electron chi connectivity index (χ2n) is 4.92. The highest BCUT2D eigenvalue weighted by atomic mass is 35.5. The van der Waals surface area contributed by atoms with Gasteiger partial charge in [0.2, 0.25) is 5.95 Å². The van der Waals surface area contributed by atoms with Crippen molar-refractivity contribution in [3.05, 3.63) is 71.9 Å². The number of carbonyl (C=O) groups excluding carboxylic acids is 1. The zero-order chi connectivity index (χ0) is 16.8. The first-order valence-electron chi connectivity index (χ1n) is 7.27. The molecule has 0 atom stereocenters. The summed E-state index contributed by atoms with van der Waals surface area (Å²) in [5.74, 6) is 0.528. The summed E-state index contributed by atoms with van der Waals surface area (Å²) in [6.45, 7) is -0.113. The van der Waals surface area contributed by atoms with E-state index in [9.17, 15) is 4.79 Å². The smallest absolute Gasteiger partial charge is 0.264 e. The lowest BCUT2D eigenvalue weighted by Gasteiger charge is -2.07. The molecule has 0 bridgehead atoms. The number of para-hydroxylation sites is 1. The molecule has 24 heavy (non-hydrogen) atoms. The molecule has 1 heterocycles. The number of halogens is 1. The Labute approximate surface area is 144 Å². The fourth-order valence-electron chi connectivity index (χ4n) is 2.03. The Hall–Kier alpha value is -2.92. The normalized spacial score (nSPS) is 10.2. The average Bonchev–Trinajstić information content (AvgIpc) is 2.62. The Kier molecular flexibility index (Phi) is 5.03. The third-order valence-electron chi connectivity index (χ3n) is 3.16. The number of amides is 1. The monoisotopic (exact) mass is 339 g/mol. The van der Waals surface area contributed by atoms with Gasteiger partial charge in [-0.3, -0.25) is 10.1 Å². The molecule has 3 rings (SSSR count). The summed E-state index contributed by atoms with van der Waals surface area (Å²) >= 11 is 5.88. The second-order valence-corrected chi connectivity index (χ2v) is 5.36. The number of aromatic nitrogens is 2. The van der Waals surface area contributed by atoms with Gasteiger partial charge in [0.25, 0.3) is 5.91 Å². The molecule has 0 fully saturated rings. The molecule has 3 aromatic rings. The van der Waals surface area contributed by atoms with E-state index < -0.39 is 0 Å². The maximum Gasteiger partial charge on any atom is 0.264 e. The van der Waals surface area contributed by atoms with E-state index in [2.05, 4.69) is 15.3 Å². The minimum Gasteiger partial charge on any atom is -0.484 e. The molecule has 0 spiro atoms. The molecule has 6 heteroatoms. The van der Waals surface area contributed by atoms with Gasteiger partial charge in [-0.25, -0.2) is 9.97 Å². The fraction of sp³-hybridized carbons (Fsp3) is 0.0556. The zero-order valence-corrected chi connectivity index (χ0v) is 13.4. The maximum absolute atomic E-state index is 11.9. The van der Waals surface area contributed by atoms with Crippen LogP contribution in [0.3, 0.4) is 0 Å². The minimum absolute atomic E-state index is 0.113. The van der Waals surface area contributed by atoms with E-state index in [0.717, 1.165) is 5.56 Å². The van der Waals surface area contributed by atoms with E-state index in [0.29, 0.717) is 16.5 Å². The van der Waals surface area contributed by atoms with Gasteiger partial charge >= 0.3 is 0 Å². The Balaban J connectivity index is 1.64. The lowest BCUT2D eigenvalue weighted by atomic mass is 10.1. The van der Waals surface area contributed by atoms with Gasteiger partial charge in [0.05, 0.1) is 5.69 Å². The van der Waals surface area contributed by atoms with Crippen molar-refractivity contribution in [1.29, 1.82) is 0 Å². The molecule has 2 aromatic carbocycles. The number of nitrogens with one attached hydrogen (secondary N) is 1. The van der Waals surface area contributed by atoms with Crippen LogP contribution >= 0.6 is 11.6 Å². The quantitative estimate of drug-likeness (QED) is 0.767. The number of hydrogen-bond acceptors (Lipinski definition) is 4. The molecule has 5 nitrogen and oxygen atoms in total. The molecular formula is C18H14ClN3O2. The van der Waals surface area contributed by atoms with Crippen LogP contribution in [0.2, 0.25) is 5.02 Å². The Morgan fingerprint density at radius 1 is 1.04 bits per heavy atom. The summed E-state index contributed by atoms with van der Waals surface area (Å²) in [7, 11) is 0. The van der Waals surface area contributed by atoms with E-state index in [4.69, 9.17) is 16.3 Å². The van der Waals surface area contributed by atoms with Crippen molar-refractivity contribution in [2.24, 2.45) is 0 Å². The number of carbonyl (C=O) groups is 1. The fourth-order valence-corrected chi connectivity index (χ4v) is 2.15. The summed E-state index contributed by atoms with van der Waals surface area (Å²) in [6.07, 6.45) is 1.59. The molecule has 1 N–H and O–H groups in total. The number of rotatable bonds is 5. The molecule has 0 aliphatic heterocycles. The van der Waals surface area contributed by atoms with Gasteiger partial charge in [0, 0.05) is 16.8 Å². The van der Waals surface area contributed by atoms with Crippen molar-refractivity contribution in [3.8, 4) is 17.0 Å². The highest BCUT2D eigenvalue weighted by Crippen LogP contribution is 2.20. The molecule has 0 aliphatic carbocycles. The van der Waals surface area contributed by atoms with Crippen LogP contribution in [0.15, 0.2) is 66.9 Å². The first kappa shape index (κ1) is 16.0. The van der Waals surface area contributed by atoms with Crippen LogP contribution in [0.25, 0.3) is 11.3 Å². The van der Waals surface area contributed by atoms with Crippen molar-refractivity contribution in [2.45, 2.75) is 0 Å². The number of nitrogens with zero attached hydrogens (tertiary/aromatic N) is 2. The van der Waals surface area contributed by atoms with E-state index in [1.54, 1.807) is 36.5 Å². The van der Waals surface area contributed by atoms with Gasteiger partial charge in [-0.15, -0.1) is 0 Å². The highest BCUT2D eigenvalue weighted by Gasteiger charge is 2.07. The lowest BCUT2D eigenvalue weighted by Crippen LogP contribution is -2.21. The molecule has 1 aromatic heterocycles. The Morgan fingerprint density at radius 3 is 2.54 bits per heavy atom. The standard InChI is InChI=1S/C18H14ClN3O2/c19-14-8-6-13(7-9-14)16-10-11-20-18(21-16)22-17(23)12-24-15-4-2-1-3-5-15/h1-11H,12H2,(H,20,21,22,23). The number of benzene rings is 2. The number of hydrogen-bond donors (Lipinski definition) is 1. The van der Waals surface area contributed by atoms with Crippen molar-refractivity contribution in [2.75, 3.05) is 11.9 Å². The predicted octanol–water partition coefficient (Wildman–Crippen LogP) is 3.81. The first-order valence-corrected chi connectivity index (χ1v) is 7.65. The lowest BCUT2D eigenvalue weighted by molar-refractivity contribution is -0.118. The zero-order valence-electron chi connectivity index (χ0n) is 12.6. The Morgan fingerprint density at radius 2 is 1.79 bits per heavy atom. The third kappa shape index (κ3) is 4.30. The predicted molar refractivity (Wildman–Crippen MR) is 93.0 cm³/mol. The molecule has 0 unspecified atom stereocenters. The second kappa shape index (κ2) is 7.57. The van der Waals surface area contributed by atoms with Gasteiger partial charge < -0.3 is 4.74 Å². The van der Waals surface area contributed by atoms with Gasteiger partial charge in [0.1, 0.15) is 5.75 Å². The summed E-state index contributed by atoms with van der Waals surface area (Å²) in [5, 5.41) is 3.27.